The summed E-state index contributed by atoms with van der Waals surface area (Å²) in [4.78, 5) is 15.3. The van der Waals surface area contributed by atoms with E-state index >= 15 is 0 Å². The maximum atomic E-state index is 11.2. The molecule has 0 fully saturated rings. The number of nitrogens with zero attached hydrogens (tertiary/aromatic N) is 1. The number of anilines is 1. The van der Waals surface area contributed by atoms with E-state index in [1.54, 1.807) is 12.3 Å². The highest BCUT2D eigenvalue weighted by atomic mass is 32.1. The lowest BCUT2D eigenvalue weighted by molar-refractivity contribution is 0.0520. The fourth-order valence-corrected chi connectivity index (χ4v) is 1.59. The third-order valence-electron chi connectivity index (χ3n) is 1.51. The third kappa shape index (κ3) is 2.99. The Labute approximate surface area is 87.3 Å². The number of aromatic nitrogens is 1. The molecule has 1 aromatic heterocycles. The lowest BCUT2D eigenvalue weighted by Crippen LogP contribution is -2.05. The second-order valence-corrected chi connectivity index (χ2v) is 3.54. The molecule has 0 aliphatic rings. The Morgan fingerprint density at radius 3 is 3.07 bits per heavy atom. The molecule has 0 unspecified atom stereocenters. The number of carbonyl (C=O) groups is 1. The summed E-state index contributed by atoms with van der Waals surface area (Å²) in [5, 5.41) is 5.59. The number of carbonyl (C=O) groups excluding carboxylic acids is 1. The van der Waals surface area contributed by atoms with Crippen LogP contribution < -0.4 is 5.32 Å². The second-order valence-electron chi connectivity index (χ2n) is 2.69. The zero-order valence-electron chi connectivity index (χ0n) is 8.37. The van der Waals surface area contributed by atoms with Crippen molar-refractivity contribution in [3.05, 3.63) is 11.1 Å². The number of ether oxygens (including phenoxy) is 1. The van der Waals surface area contributed by atoms with Gasteiger partial charge in [-0.2, -0.15) is 0 Å². The highest BCUT2D eigenvalue weighted by molar-refractivity contribution is 7.13. The van der Waals surface area contributed by atoms with Crippen LogP contribution in [-0.2, 0) is 4.74 Å². The number of hydrogen-bond acceptors (Lipinski definition) is 5. The average Bonchev–Trinajstić information content (AvgIpc) is 2.63. The number of nitrogens with one attached hydrogen (secondary N) is 1. The first kappa shape index (κ1) is 11.0. The van der Waals surface area contributed by atoms with Crippen LogP contribution in [0.3, 0.4) is 0 Å². The van der Waals surface area contributed by atoms with E-state index in [4.69, 9.17) is 4.74 Å². The largest absolute Gasteiger partial charge is 0.461 e. The van der Waals surface area contributed by atoms with Crippen LogP contribution in [-0.4, -0.2) is 24.1 Å². The molecule has 0 aromatic carbocycles. The van der Waals surface area contributed by atoms with Crippen molar-refractivity contribution in [2.45, 2.75) is 20.3 Å². The smallest absolute Gasteiger partial charge is 0.357 e. The number of esters is 1. The van der Waals surface area contributed by atoms with E-state index in [-0.39, 0.29) is 5.97 Å². The van der Waals surface area contributed by atoms with Gasteiger partial charge in [0.2, 0.25) is 0 Å². The predicted octanol–water partition coefficient (Wildman–Crippen LogP) is 2.14. The van der Waals surface area contributed by atoms with Crippen molar-refractivity contribution in [3.8, 4) is 0 Å². The van der Waals surface area contributed by atoms with E-state index in [0.717, 1.165) is 18.1 Å². The van der Waals surface area contributed by atoms with Crippen molar-refractivity contribution in [1.29, 1.82) is 0 Å². The minimum absolute atomic E-state index is 0.353. The normalized spacial score (nSPS) is 9.86. The SMILES string of the molecule is CCCNc1nc(C(=O)OCC)cs1. The average molecular weight is 214 g/mol. The van der Waals surface area contributed by atoms with Gasteiger partial charge in [0.1, 0.15) is 0 Å². The monoisotopic (exact) mass is 214 g/mol. The molecule has 0 aliphatic carbocycles. The standard InChI is InChI=1S/C9H14N2O2S/c1-3-5-10-9-11-7(6-14-9)8(12)13-4-2/h6H,3-5H2,1-2H3,(H,10,11). The van der Waals surface area contributed by atoms with Crippen molar-refractivity contribution in [3.63, 3.8) is 0 Å². The highest BCUT2D eigenvalue weighted by Crippen LogP contribution is 2.15. The molecule has 1 rings (SSSR count). The maximum absolute atomic E-state index is 11.2. The Morgan fingerprint density at radius 2 is 2.43 bits per heavy atom. The van der Waals surface area contributed by atoms with Gasteiger partial charge < -0.3 is 10.1 Å². The van der Waals surface area contributed by atoms with E-state index in [1.165, 1.54) is 11.3 Å². The van der Waals surface area contributed by atoms with Crippen molar-refractivity contribution in [2.75, 3.05) is 18.5 Å². The summed E-state index contributed by atoms with van der Waals surface area (Å²) in [7, 11) is 0. The molecule has 14 heavy (non-hydrogen) atoms. The molecule has 5 heteroatoms. The van der Waals surface area contributed by atoms with Crippen molar-refractivity contribution in [1.82, 2.24) is 4.98 Å². The number of hydrogen-bond donors (Lipinski definition) is 1. The van der Waals surface area contributed by atoms with Gasteiger partial charge in [0, 0.05) is 11.9 Å². The Kier molecular flexibility index (Phi) is 4.39. The molecule has 0 bridgehead atoms. The van der Waals surface area contributed by atoms with Gasteiger partial charge in [0.15, 0.2) is 10.8 Å². The lowest BCUT2D eigenvalue weighted by atomic mass is 10.5. The molecule has 1 heterocycles. The van der Waals surface area contributed by atoms with Crippen LogP contribution in [0.4, 0.5) is 5.13 Å². The Balaban J connectivity index is 2.54. The van der Waals surface area contributed by atoms with Gasteiger partial charge in [-0.25, -0.2) is 9.78 Å². The quantitative estimate of drug-likeness (QED) is 0.763. The van der Waals surface area contributed by atoms with Gasteiger partial charge in [-0.3, -0.25) is 0 Å². The molecule has 0 saturated carbocycles. The fourth-order valence-electron chi connectivity index (χ4n) is 0.886. The molecular weight excluding hydrogens is 200 g/mol. The lowest BCUT2D eigenvalue weighted by Gasteiger charge is -1.98. The Hall–Kier alpha value is -1.10. The molecule has 1 aromatic rings. The van der Waals surface area contributed by atoms with Gasteiger partial charge in [-0.05, 0) is 13.3 Å². The van der Waals surface area contributed by atoms with Gasteiger partial charge >= 0.3 is 5.97 Å². The van der Waals surface area contributed by atoms with E-state index in [1.807, 2.05) is 0 Å². The maximum Gasteiger partial charge on any atom is 0.357 e. The van der Waals surface area contributed by atoms with Crippen LogP contribution in [0, 0.1) is 0 Å². The zero-order chi connectivity index (χ0) is 10.4. The summed E-state index contributed by atoms with van der Waals surface area (Å²) in [6, 6.07) is 0. The van der Waals surface area contributed by atoms with E-state index in [2.05, 4.69) is 17.2 Å². The molecular formula is C9H14N2O2S. The van der Waals surface area contributed by atoms with Crippen molar-refractivity contribution in [2.24, 2.45) is 0 Å². The molecule has 0 radical (unpaired) electrons. The summed E-state index contributed by atoms with van der Waals surface area (Å²) in [5.41, 5.74) is 0.385. The summed E-state index contributed by atoms with van der Waals surface area (Å²) < 4.78 is 4.82. The van der Waals surface area contributed by atoms with Crippen LogP contribution in [0.2, 0.25) is 0 Å². The third-order valence-corrected chi connectivity index (χ3v) is 2.31. The van der Waals surface area contributed by atoms with Gasteiger partial charge in [-0.15, -0.1) is 11.3 Å². The summed E-state index contributed by atoms with van der Waals surface area (Å²) >= 11 is 1.42. The van der Waals surface area contributed by atoms with Crippen LogP contribution in [0.5, 0.6) is 0 Å². The van der Waals surface area contributed by atoms with Gasteiger partial charge in [-0.1, -0.05) is 6.92 Å². The molecule has 0 atom stereocenters. The molecule has 78 valence electrons. The second kappa shape index (κ2) is 5.59. The first-order valence-electron chi connectivity index (χ1n) is 4.64. The Bertz CT molecular complexity index is 299. The first-order valence-corrected chi connectivity index (χ1v) is 5.52. The fraction of sp³-hybridized carbons (Fsp3) is 0.556. The highest BCUT2D eigenvalue weighted by Gasteiger charge is 2.10. The van der Waals surface area contributed by atoms with E-state index in [9.17, 15) is 4.79 Å². The molecule has 0 aliphatic heterocycles. The molecule has 1 N–H and O–H groups in total. The summed E-state index contributed by atoms with van der Waals surface area (Å²) in [6.07, 6.45) is 1.04. The minimum Gasteiger partial charge on any atom is -0.461 e. The van der Waals surface area contributed by atoms with Crippen molar-refractivity contribution >= 4 is 22.4 Å². The van der Waals surface area contributed by atoms with Crippen LogP contribution in [0.15, 0.2) is 5.38 Å². The van der Waals surface area contributed by atoms with Gasteiger partial charge in [0.05, 0.1) is 6.61 Å². The van der Waals surface area contributed by atoms with Crippen LogP contribution in [0.25, 0.3) is 0 Å². The molecule has 0 spiro atoms. The van der Waals surface area contributed by atoms with E-state index < -0.39 is 0 Å². The summed E-state index contributed by atoms with van der Waals surface area (Å²) in [5.74, 6) is -0.353. The first-order chi connectivity index (χ1) is 6.77. The number of thiazole rings is 1. The van der Waals surface area contributed by atoms with Crippen LogP contribution in [0.1, 0.15) is 30.8 Å². The van der Waals surface area contributed by atoms with Crippen molar-refractivity contribution < 1.29 is 9.53 Å². The zero-order valence-corrected chi connectivity index (χ0v) is 9.19. The Morgan fingerprint density at radius 1 is 1.64 bits per heavy atom. The van der Waals surface area contributed by atoms with Gasteiger partial charge in [0.25, 0.3) is 0 Å². The topological polar surface area (TPSA) is 51.2 Å². The predicted molar refractivity (Wildman–Crippen MR) is 56.9 cm³/mol. The molecule has 0 amide bonds. The number of rotatable bonds is 5. The molecule has 4 nitrogen and oxygen atoms in total. The van der Waals surface area contributed by atoms with Crippen LogP contribution >= 0.6 is 11.3 Å². The summed E-state index contributed by atoms with van der Waals surface area (Å²) in [6.45, 7) is 5.11. The van der Waals surface area contributed by atoms with E-state index in [0.29, 0.717) is 12.3 Å². The minimum atomic E-state index is -0.353. The molecule has 0 saturated heterocycles.